The third-order valence-electron chi connectivity index (χ3n) is 3.91. The zero-order chi connectivity index (χ0) is 13.9. The number of benzene rings is 1. The largest absolute Gasteiger partial charge is 0.378 e. The van der Waals surface area contributed by atoms with Gasteiger partial charge in [0.2, 0.25) is 0 Å². The molecule has 0 spiro atoms. The fourth-order valence-electron chi connectivity index (χ4n) is 2.61. The summed E-state index contributed by atoms with van der Waals surface area (Å²) in [6.07, 6.45) is 1.33. The van der Waals surface area contributed by atoms with E-state index in [0.29, 0.717) is 17.3 Å². The third-order valence-corrected chi connectivity index (χ3v) is 3.91. The number of para-hydroxylation sites is 1. The summed E-state index contributed by atoms with van der Waals surface area (Å²) in [5, 5.41) is 13.6. The summed E-state index contributed by atoms with van der Waals surface area (Å²) in [4.78, 5) is 4.56. The number of aromatic nitrogens is 1. The first-order valence-corrected chi connectivity index (χ1v) is 6.93. The van der Waals surface area contributed by atoms with E-state index in [9.17, 15) is 5.26 Å². The maximum Gasteiger partial charge on any atom is 0.144 e. The number of ether oxygens (including phenoxy) is 1. The predicted octanol–water partition coefficient (Wildman–Crippen LogP) is 2.94. The average Bonchev–Trinajstić information content (AvgIpc) is 2.89. The van der Waals surface area contributed by atoms with Gasteiger partial charge in [-0.05, 0) is 25.5 Å². The maximum absolute atomic E-state index is 9.27. The van der Waals surface area contributed by atoms with Crippen molar-refractivity contribution >= 4 is 16.7 Å². The normalized spacial score (nSPS) is 21.8. The molecule has 1 fully saturated rings. The molecule has 2 aromatic rings. The molecule has 1 aromatic carbocycles. The van der Waals surface area contributed by atoms with Gasteiger partial charge in [-0.15, -0.1) is 0 Å². The third kappa shape index (κ3) is 2.45. The van der Waals surface area contributed by atoms with Crippen molar-refractivity contribution in [3.8, 4) is 6.07 Å². The fraction of sp³-hybridized carbons (Fsp3) is 0.375. The van der Waals surface area contributed by atoms with E-state index in [0.717, 1.165) is 30.5 Å². The van der Waals surface area contributed by atoms with Gasteiger partial charge in [0.25, 0.3) is 0 Å². The van der Waals surface area contributed by atoms with Crippen LogP contribution in [0.15, 0.2) is 30.3 Å². The van der Waals surface area contributed by atoms with Gasteiger partial charge in [0.1, 0.15) is 11.9 Å². The number of nitriles is 1. The molecular weight excluding hydrogens is 250 g/mol. The molecule has 1 aliphatic heterocycles. The van der Waals surface area contributed by atoms with Crippen LogP contribution < -0.4 is 5.32 Å². The molecule has 3 rings (SSSR count). The number of fused-ring (bicyclic) bond motifs is 1. The number of hydrogen-bond acceptors (Lipinski definition) is 4. The van der Waals surface area contributed by atoms with Gasteiger partial charge in [0.05, 0.1) is 17.2 Å². The Kier molecular flexibility index (Phi) is 3.53. The smallest absolute Gasteiger partial charge is 0.144 e. The number of anilines is 1. The fourth-order valence-corrected chi connectivity index (χ4v) is 2.61. The molecule has 20 heavy (non-hydrogen) atoms. The average molecular weight is 267 g/mol. The highest BCUT2D eigenvalue weighted by molar-refractivity contribution is 5.82. The number of hydrogen-bond donors (Lipinski definition) is 1. The number of nitrogens with zero attached hydrogens (tertiary/aromatic N) is 2. The minimum atomic E-state index is 0.272. The molecule has 2 atom stereocenters. The Hall–Kier alpha value is -2.12. The van der Waals surface area contributed by atoms with Crippen LogP contribution in [0, 0.1) is 17.2 Å². The molecule has 1 aliphatic rings. The van der Waals surface area contributed by atoms with E-state index in [-0.39, 0.29) is 6.10 Å². The van der Waals surface area contributed by atoms with E-state index >= 15 is 0 Å². The van der Waals surface area contributed by atoms with Gasteiger partial charge in [-0.2, -0.15) is 5.26 Å². The van der Waals surface area contributed by atoms with Crippen LogP contribution in [0.5, 0.6) is 0 Å². The van der Waals surface area contributed by atoms with E-state index in [1.165, 1.54) is 0 Å². The standard InChI is InChI=1S/C16H17N3O/c1-11-13(6-7-20-11)10-18-16-14(9-17)8-12-4-2-3-5-15(12)19-16/h2-5,8,11,13H,6-7,10H2,1H3,(H,18,19). The van der Waals surface area contributed by atoms with Gasteiger partial charge in [-0.25, -0.2) is 4.98 Å². The van der Waals surface area contributed by atoms with E-state index in [2.05, 4.69) is 23.3 Å². The Morgan fingerprint density at radius 3 is 3.05 bits per heavy atom. The van der Waals surface area contributed by atoms with Crippen LogP contribution >= 0.6 is 0 Å². The van der Waals surface area contributed by atoms with Gasteiger partial charge in [0.15, 0.2) is 0 Å². The Labute approximate surface area is 118 Å². The lowest BCUT2D eigenvalue weighted by atomic mass is 10.0. The molecule has 0 radical (unpaired) electrons. The van der Waals surface area contributed by atoms with Crippen molar-refractivity contribution in [1.82, 2.24) is 4.98 Å². The molecule has 0 saturated carbocycles. The molecule has 1 N–H and O–H groups in total. The Morgan fingerprint density at radius 1 is 1.45 bits per heavy atom. The van der Waals surface area contributed by atoms with Crippen LogP contribution in [0.2, 0.25) is 0 Å². The van der Waals surface area contributed by atoms with Crippen LogP contribution in [0.4, 0.5) is 5.82 Å². The lowest BCUT2D eigenvalue weighted by Crippen LogP contribution is -2.21. The van der Waals surface area contributed by atoms with Crippen molar-refractivity contribution in [1.29, 1.82) is 5.26 Å². The second-order valence-corrected chi connectivity index (χ2v) is 5.19. The second kappa shape index (κ2) is 5.48. The molecule has 102 valence electrons. The summed E-state index contributed by atoms with van der Waals surface area (Å²) < 4.78 is 5.56. The summed E-state index contributed by atoms with van der Waals surface area (Å²) in [5.41, 5.74) is 1.50. The molecule has 0 bridgehead atoms. The number of pyridine rings is 1. The number of rotatable bonds is 3. The zero-order valence-corrected chi connectivity index (χ0v) is 11.5. The lowest BCUT2D eigenvalue weighted by Gasteiger charge is -2.16. The topological polar surface area (TPSA) is 57.9 Å². The van der Waals surface area contributed by atoms with E-state index < -0.39 is 0 Å². The van der Waals surface area contributed by atoms with Crippen LogP contribution in [-0.2, 0) is 4.74 Å². The van der Waals surface area contributed by atoms with E-state index in [1.807, 2.05) is 30.3 Å². The molecule has 1 aromatic heterocycles. The number of nitrogens with one attached hydrogen (secondary N) is 1. The van der Waals surface area contributed by atoms with Gasteiger partial charge < -0.3 is 10.1 Å². The van der Waals surface area contributed by atoms with Crippen molar-refractivity contribution in [3.05, 3.63) is 35.9 Å². The van der Waals surface area contributed by atoms with Crippen molar-refractivity contribution in [2.75, 3.05) is 18.5 Å². The van der Waals surface area contributed by atoms with E-state index in [1.54, 1.807) is 0 Å². The highest BCUT2D eigenvalue weighted by Crippen LogP contribution is 2.23. The maximum atomic E-state index is 9.27. The molecule has 2 unspecified atom stereocenters. The minimum Gasteiger partial charge on any atom is -0.378 e. The van der Waals surface area contributed by atoms with Crippen LogP contribution in [-0.4, -0.2) is 24.2 Å². The SMILES string of the molecule is CC1OCCC1CNc1nc2ccccc2cc1C#N. The van der Waals surface area contributed by atoms with Crippen molar-refractivity contribution in [3.63, 3.8) is 0 Å². The molecule has 1 saturated heterocycles. The van der Waals surface area contributed by atoms with Crippen LogP contribution in [0.1, 0.15) is 18.9 Å². The predicted molar refractivity (Wildman–Crippen MR) is 78.5 cm³/mol. The first-order valence-electron chi connectivity index (χ1n) is 6.93. The van der Waals surface area contributed by atoms with Gasteiger partial charge in [-0.1, -0.05) is 18.2 Å². The molecule has 4 heteroatoms. The van der Waals surface area contributed by atoms with Crippen molar-refractivity contribution < 1.29 is 4.74 Å². The summed E-state index contributed by atoms with van der Waals surface area (Å²) in [7, 11) is 0. The molecule has 0 amide bonds. The van der Waals surface area contributed by atoms with Gasteiger partial charge in [-0.3, -0.25) is 0 Å². The summed E-state index contributed by atoms with van der Waals surface area (Å²) >= 11 is 0. The summed E-state index contributed by atoms with van der Waals surface area (Å²) in [6.45, 7) is 3.71. The highest BCUT2D eigenvalue weighted by Gasteiger charge is 2.24. The highest BCUT2D eigenvalue weighted by atomic mass is 16.5. The first-order chi connectivity index (χ1) is 9.78. The summed E-state index contributed by atoms with van der Waals surface area (Å²) in [6, 6.07) is 12.0. The minimum absolute atomic E-state index is 0.272. The van der Waals surface area contributed by atoms with Gasteiger partial charge >= 0.3 is 0 Å². The van der Waals surface area contributed by atoms with Crippen molar-refractivity contribution in [2.24, 2.45) is 5.92 Å². The van der Waals surface area contributed by atoms with Crippen LogP contribution in [0.3, 0.4) is 0 Å². The first kappa shape index (κ1) is 12.9. The Balaban J connectivity index is 1.84. The van der Waals surface area contributed by atoms with Crippen molar-refractivity contribution in [2.45, 2.75) is 19.4 Å². The Bertz CT molecular complexity index is 662. The molecule has 2 heterocycles. The molecule has 0 aliphatic carbocycles. The monoisotopic (exact) mass is 267 g/mol. The zero-order valence-electron chi connectivity index (χ0n) is 11.5. The Morgan fingerprint density at radius 2 is 2.30 bits per heavy atom. The molecular formula is C16H17N3O. The van der Waals surface area contributed by atoms with Gasteiger partial charge in [0, 0.05) is 24.5 Å². The van der Waals surface area contributed by atoms with E-state index in [4.69, 9.17) is 4.74 Å². The quantitative estimate of drug-likeness (QED) is 0.929. The molecule has 4 nitrogen and oxygen atoms in total. The second-order valence-electron chi connectivity index (χ2n) is 5.19. The summed E-state index contributed by atoms with van der Waals surface area (Å²) in [5.74, 6) is 1.15. The van der Waals surface area contributed by atoms with Crippen LogP contribution in [0.25, 0.3) is 10.9 Å². The lowest BCUT2D eigenvalue weighted by molar-refractivity contribution is 0.108.